The van der Waals surface area contributed by atoms with Gasteiger partial charge in [-0.2, -0.15) is 0 Å². The van der Waals surface area contributed by atoms with Gasteiger partial charge in [-0.05, 0) is 66.5 Å². The third kappa shape index (κ3) is 4.85. The number of halogens is 3. The molecule has 0 radical (unpaired) electrons. The van der Waals surface area contributed by atoms with E-state index < -0.39 is 0 Å². The van der Waals surface area contributed by atoms with Gasteiger partial charge in [0.15, 0.2) is 0 Å². The molecule has 0 atom stereocenters. The number of nitrogens with one attached hydrogen (secondary N) is 1. The maximum absolute atomic E-state index is 12.7. The molecule has 1 aliphatic heterocycles. The van der Waals surface area contributed by atoms with Gasteiger partial charge in [0, 0.05) is 22.6 Å². The summed E-state index contributed by atoms with van der Waals surface area (Å²) in [5, 5.41) is 3.97. The van der Waals surface area contributed by atoms with E-state index in [1.165, 1.54) is 0 Å². The van der Waals surface area contributed by atoms with Crippen LogP contribution in [-0.4, -0.2) is 36.5 Å². The minimum Gasteiger partial charge on any atom is -0.336 e. The van der Waals surface area contributed by atoms with Gasteiger partial charge in [-0.3, -0.25) is 4.79 Å². The molecule has 1 heterocycles. The molecule has 1 saturated heterocycles. The number of benzene rings is 1. The minimum absolute atomic E-state index is 0. The first-order valence-corrected chi connectivity index (χ1v) is 8.27. The molecule has 1 amide bonds. The molecule has 0 unspecified atom stereocenters. The van der Waals surface area contributed by atoms with E-state index in [0.29, 0.717) is 16.6 Å². The summed E-state index contributed by atoms with van der Waals surface area (Å²) < 4.78 is 0.770. The van der Waals surface area contributed by atoms with Crippen LogP contribution in [-0.2, 0) is 0 Å². The van der Waals surface area contributed by atoms with Gasteiger partial charge in [-0.1, -0.05) is 18.5 Å². The van der Waals surface area contributed by atoms with Crippen LogP contribution in [0.1, 0.15) is 36.5 Å². The molecule has 0 saturated carbocycles. The van der Waals surface area contributed by atoms with Gasteiger partial charge in [-0.25, -0.2) is 0 Å². The second kappa shape index (κ2) is 8.99. The Kier molecular flexibility index (Phi) is 8.03. The Morgan fingerprint density at radius 1 is 1.43 bits per heavy atom. The van der Waals surface area contributed by atoms with Crippen molar-refractivity contribution in [1.82, 2.24) is 10.2 Å². The predicted molar refractivity (Wildman–Crippen MR) is 93.6 cm³/mol. The van der Waals surface area contributed by atoms with Crippen LogP contribution in [0.3, 0.4) is 0 Å². The number of carbonyl (C=O) groups is 1. The fraction of sp³-hybridized carbons (Fsp3) is 0.533. The summed E-state index contributed by atoms with van der Waals surface area (Å²) in [5.41, 5.74) is 0.702. The van der Waals surface area contributed by atoms with E-state index in [9.17, 15) is 4.79 Å². The zero-order chi connectivity index (χ0) is 14.5. The molecule has 1 fully saturated rings. The van der Waals surface area contributed by atoms with Crippen molar-refractivity contribution in [3.63, 3.8) is 0 Å². The number of amides is 1. The van der Waals surface area contributed by atoms with Crippen molar-refractivity contribution in [1.29, 1.82) is 0 Å². The molecule has 1 aromatic carbocycles. The van der Waals surface area contributed by atoms with Gasteiger partial charge in [0.1, 0.15) is 0 Å². The Balaban J connectivity index is 0.00000220. The van der Waals surface area contributed by atoms with Crippen molar-refractivity contribution in [3.05, 3.63) is 33.3 Å². The summed E-state index contributed by atoms with van der Waals surface area (Å²) in [6, 6.07) is 5.73. The first-order chi connectivity index (χ1) is 9.63. The van der Waals surface area contributed by atoms with Crippen LogP contribution in [0.15, 0.2) is 22.7 Å². The van der Waals surface area contributed by atoms with Crippen LogP contribution in [0.4, 0.5) is 0 Å². The van der Waals surface area contributed by atoms with Gasteiger partial charge in [0.25, 0.3) is 5.91 Å². The standard InChI is InChI=1S/C15H20BrClN2O.ClH/c1-2-9-19(12-5-7-18-8-6-12)15(20)11-3-4-14(17)13(16)10-11;/h3-4,10,12,18H,2,5-9H2,1H3;1H. The monoisotopic (exact) mass is 394 g/mol. The van der Waals surface area contributed by atoms with E-state index in [4.69, 9.17) is 11.6 Å². The van der Waals surface area contributed by atoms with Crippen molar-refractivity contribution in [2.75, 3.05) is 19.6 Å². The van der Waals surface area contributed by atoms with Crippen LogP contribution in [0.2, 0.25) is 5.02 Å². The Labute approximate surface area is 146 Å². The Morgan fingerprint density at radius 3 is 2.67 bits per heavy atom. The number of hydrogen-bond acceptors (Lipinski definition) is 2. The van der Waals surface area contributed by atoms with E-state index in [1.54, 1.807) is 12.1 Å². The number of hydrogen-bond donors (Lipinski definition) is 1. The molecule has 2 rings (SSSR count). The predicted octanol–water partition coefficient (Wildman–Crippen LogP) is 4.13. The topological polar surface area (TPSA) is 32.3 Å². The van der Waals surface area contributed by atoms with Gasteiger partial charge < -0.3 is 10.2 Å². The highest BCUT2D eigenvalue weighted by atomic mass is 79.9. The van der Waals surface area contributed by atoms with E-state index in [0.717, 1.165) is 43.4 Å². The smallest absolute Gasteiger partial charge is 0.254 e. The first-order valence-electron chi connectivity index (χ1n) is 7.10. The molecule has 6 heteroatoms. The van der Waals surface area contributed by atoms with Gasteiger partial charge in [0.2, 0.25) is 0 Å². The number of carbonyl (C=O) groups excluding carboxylic acids is 1. The second-order valence-corrected chi connectivity index (χ2v) is 6.37. The van der Waals surface area contributed by atoms with Gasteiger partial charge >= 0.3 is 0 Å². The molecule has 0 spiro atoms. The summed E-state index contributed by atoms with van der Waals surface area (Å²) in [6.07, 6.45) is 3.03. The summed E-state index contributed by atoms with van der Waals surface area (Å²) in [4.78, 5) is 14.8. The van der Waals surface area contributed by atoms with Crippen LogP contribution < -0.4 is 5.32 Å². The van der Waals surface area contributed by atoms with E-state index in [-0.39, 0.29) is 18.3 Å². The summed E-state index contributed by atoms with van der Waals surface area (Å²) in [5.74, 6) is 0.108. The molecule has 1 aliphatic rings. The zero-order valence-corrected chi connectivity index (χ0v) is 15.2. The molecule has 118 valence electrons. The Morgan fingerprint density at radius 2 is 2.10 bits per heavy atom. The van der Waals surface area contributed by atoms with Crippen molar-refractivity contribution in [2.24, 2.45) is 0 Å². The fourth-order valence-electron chi connectivity index (χ4n) is 2.60. The lowest BCUT2D eigenvalue weighted by molar-refractivity contribution is 0.0642. The van der Waals surface area contributed by atoms with Crippen molar-refractivity contribution in [3.8, 4) is 0 Å². The van der Waals surface area contributed by atoms with Crippen LogP contribution in [0, 0.1) is 0 Å². The maximum atomic E-state index is 12.7. The van der Waals surface area contributed by atoms with Crippen LogP contribution >= 0.6 is 39.9 Å². The lowest BCUT2D eigenvalue weighted by Gasteiger charge is -2.34. The van der Waals surface area contributed by atoms with Crippen LogP contribution in [0.5, 0.6) is 0 Å². The molecular formula is C15H21BrCl2N2O. The van der Waals surface area contributed by atoms with Crippen molar-refractivity contribution >= 4 is 45.8 Å². The number of piperidine rings is 1. The highest BCUT2D eigenvalue weighted by Crippen LogP contribution is 2.25. The van der Waals surface area contributed by atoms with E-state index in [1.807, 2.05) is 11.0 Å². The SMILES string of the molecule is CCCN(C(=O)c1ccc(Cl)c(Br)c1)C1CCNCC1.Cl. The van der Waals surface area contributed by atoms with E-state index in [2.05, 4.69) is 28.2 Å². The Bertz CT molecular complexity index is 479. The molecular weight excluding hydrogens is 375 g/mol. The third-order valence-corrected chi connectivity index (χ3v) is 4.86. The van der Waals surface area contributed by atoms with Gasteiger partial charge in [-0.15, -0.1) is 12.4 Å². The molecule has 0 bridgehead atoms. The average Bonchev–Trinajstić information content (AvgIpc) is 2.48. The largest absolute Gasteiger partial charge is 0.336 e. The van der Waals surface area contributed by atoms with Crippen LogP contribution in [0.25, 0.3) is 0 Å². The second-order valence-electron chi connectivity index (χ2n) is 5.11. The molecule has 0 aliphatic carbocycles. The van der Waals surface area contributed by atoms with Crippen molar-refractivity contribution in [2.45, 2.75) is 32.2 Å². The summed E-state index contributed by atoms with van der Waals surface area (Å²) in [6.45, 7) is 4.90. The highest BCUT2D eigenvalue weighted by Gasteiger charge is 2.25. The van der Waals surface area contributed by atoms with Gasteiger partial charge in [0.05, 0.1) is 5.02 Å². The third-order valence-electron chi connectivity index (χ3n) is 3.64. The zero-order valence-electron chi connectivity index (χ0n) is 12.1. The Hall–Kier alpha value is -0.290. The number of nitrogens with zero attached hydrogens (tertiary/aromatic N) is 1. The minimum atomic E-state index is 0. The van der Waals surface area contributed by atoms with E-state index >= 15 is 0 Å². The molecule has 3 nitrogen and oxygen atoms in total. The molecule has 1 aromatic rings. The maximum Gasteiger partial charge on any atom is 0.254 e. The fourth-order valence-corrected chi connectivity index (χ4v) is 3.10. The van der Waals surface area contributed by atoms with Crippen molar-refractivity contribution < 1.29 is 4.79 Å². The molecule has 0 aromatic heterocycles. The summed E-state index contributed by atoms with van der Waals surface area (Å²) in [7, 11) is 0. The molecule has 21 heavy (non-hydrogen) atoms. The average molecular weight is 396 g/mol. The molecule has 1 N–H and O–H groups in total. The number of rotatable bonds is 4. The highest BCUT2D eigenvalue weighted by molar-refractivity contribution is 9.10. The first kappa shape index (κ1) is 18.8. The lowest BCUT2D eigenvalue weighted by Crippen LogP contribution is -2.46. The lowest BCUT2D eigenvalue weighted by atomic mass is 10.0. The normalized spacial score (nSPS) is 15.4. The quantitative estimate of drug-likeness (QED) is 0.831. The summed E-state index contributed by atoms with van der Waals surface area (Å²) >= 11 is 9.38.